The number of carbonyl (C=O) groups is 1. The second-order valence-corrected chi connectivity index (χ2v) is 6.25. The molecule has 0 bridgehead atoms. The first-order valence-electron chi connectivity index (χ1n) is 8.41. The lowest BCUT2D eigenvalue weighted by atomic mass is 10.2. The number of rotatable bonds is 6. The van der Waals surface area contributed by atoms with Crippen LogP contribution in [0, 0.1) is 6.92 Å². The van der Waals surface area contributed by atoms with Gasteiger partial charge in [0.05, 0.1) is 24.9 Å². The molecule has 3 aromatic rings. The lowest BCUT2D eigenvalue weighted by Gasteiger charge is -2.12. The third kappa shape index (κ3) is 4.50. The van der Waals surface area contributed by atoms with Gasteiger partial charge in [0.2, 0.25) is 5.95 Å². The summed E-state index contributed by atoms with van der Waals surface area (Å²) in [6.45, 7) is 1.79. The van der Waals surface area contributed by atoms with Crippen LogP contribution in [0.3, 0.4) is 0 Å². The molecule has 0 aliphatic heterocycles. The molecular formula is C20H19ClN4O3. The lowest BCUT2D eigenvalue weighted by molar-refractivity contribution is 0.102. The molecule has 0 aliphatic rings. The Hall–Kier alpha value is -3.32. The molecule has 0 unspecified atom stereocenters. The molecule has 0 spiro atoms. The quantitative estimate of drug-likeness (QED) is 0.638. The lowest BCUT2D eigenvalue weighted by Crippen LogP contribution is -2.15. The fourth-order valence-electron chi connectivity index (χ4n) is 2.55. The molecule has 1 aromatic heterocycles. The third-order valence-electron chi connectivity index (χ3n) is 3.85. The summed E-state index contributed by atoms with van der Waals surface area (Å²) in [7, 11) is 3.11. The molecule has 0 saturated heterocycles. The van der Waals surface area contributed by atoms with Crippen molar-refractivity contribution in [2.45, 2.75) is 6.92 Å². The summed E-state index contributed by atoms with van der Waals surface area (Å²) in [6.07, 6.45) is 0. The number of benzene rings is 2. The minimum Gasteiger partial charge on any atom is -0.495 e. The van der Waals surface area contributed by atoms with Crippen molar-refractivity contribution in [1.82, 2.24) is 9.97 Å². The van der Waals surface area contributed by atoms with Crippen molar-refractivity contribution < 1.29 is 14.3 Å². The number of aromatic nitrogens is 2. The van der Waals surface area contributed by atoms with Crippen LogP contribution < -0.4 is 20.1 Å². The maximum Gasteiger partial charge on any atom is 0.274 e. The maximum absolute atomic E-state index is 12.6. The van der Waals surface area contributed by atoms with Crippen LogP contribution in [-0.2, 0) is 0 Å². The van der Waals surface area contributed by atoms with Crippen molar-refractivity contribution in [1.29, 1.82) is 0 Å². The highest BCUT2D eigenvalue weighted by Gasteiger charge is 2.13. The third-order valence-corrected chi connectivity index (χ3v) is 4.15. The number of nitrogens with zero attached hydrogens (tertiary/aromatic N) is 2. The van der Waals surface area contributed by atoms with Crippen LogP contribution >= 0.6 is 11.6 Å². The van der Waals surface area contributed by atoms with Gasteiger partial charge in [-0.05, 0) is 43.3 Å². The van der Waals surface area contributed by atoms with Gasteiger partial charge in [-0.1, -0.05) is 23.7 Å². The van der Waals surface area contributed by atoms with Crippen LogP contribution in [0.4, 0.5) is 17.3 Å². The predicted octanol–water partition coefficient (Wildman–Crippen LogP) is 4.45. The molecule has 3 rings (SSSR count). The first kappa shape index (κ1) is 19.4. The molecule has 7 nitrogen and oxygen atoms in total. The largest absolute Gasteiger partial charge is 0.495 e. The highest BCUT2D eigenvalue weighted by atomic mass is 35.5. The number of nitrogens with one attached hydrogen (secondary N) is 2. The maximum atomic E-state index is 12.6. The molecule has 2 N–H and O–H groups in total. The smallest absolute Gasteiger partial charge is 0.274 e. The van der Waals surface area contributed by atoms with E-state index in [1.807, 2.05) is 24.3 Å². The number of para-hydroxylation sites is 2. The number of aryl methyl sites for hydroxylation is 1. The standard InChI is InChI=1S/C20H19ClN4O3/c1-12-10-16(19(26)23-13-8-9-17(27-2)14(21)11-13)25-20(22-12)24-15-6-4-5-7-18(15)28-3/h4-11H,1-3H3,(H,23,26)(H,22,24,25). The summed E-state index contributed by atoms with van der Waals surface area (Å²) < 4.78 is 10.4. The molecule has 0 aliphatic carbocycles. The van der Waals surface area contributed by atoms with Crippen molar-refractivity contribution >= 4 is 34.8 Å². The van der Waals surface area contributed by atoms with E-state index in [1.165, 1.54) is 7.11 Å². The average Bonchev–Trinajstić information content (AvgIpc) is 2.68. The Morgan fingerprint density at radius 1 is 1.00 bits per heavy atom. The van der Waals surface area contributed by atoms with Crippen LogP contribution in [0.2, 0.25) is 5.02 Å². The van der Waals surface area contributed by atoms with Gasteiger partial charge in [0.1, 0.15) is 17.2 Å². The zero-order valence-corrected chi connectivity index (χ0v) is 16.4. The van der Waals surface area contributed by atoms with E-state index in [9.17, 15) is 4.79 Å². The Kier molecular flexibility index (Phi) is 5.96. The topological polar surface area (TPSA) is 85.4 Å². The second-order valence-electron chi connectivity index (χ2n) is 5.85. The van der Waals surface area contributed by atoms with Gasteiger partial charge in [-0.25, -0.2) is 9.97 Å². The Bertz CT molecular complexity index is 1010. The minimum absolute atomic E-state index is 0.219. The second kappa shape index (κ2) is 8.58. The number of methoxy groups -OCH3 is 2. The molecule has 0 atom stereocenters. The van der Waals surface area contributed by atoms with Crippen molar-refractivity contribution in [3.05, 3.63) is 64.9 Å². The molecular weight excluding hydrogens is 380 g/mol. The summed E-state index contributed by atoms with van der Waals surface area (Å²) >= 11 is 6.10. The number of hydrogen-bond donors (Lipinski definition) is 2. The number of carbonyl (C=O) groups excluding carboxylic acids is 1. The molecule has 1 amide bonds. The first-order chi connectivity index (χ1) is 13.5. The molecule has 1 heterocycles. The molecule has 144 valence electrons. The fourth-order valence-corrected chi connectivity index (χ4v) is 2.81. The van der Waals surface area contributed by atoms with E-state index in [-0.39, 0.29) is 11.6 Å². The van der Waals surface area contributed by atoms with Gasteiger partial charge in [0.15, 0.2) is 0 Å². The molecule has 8 heteroatoms. The van der Waals surface area contributed by atoms with Crippen molar-refractivity contribution in [3.8, 4) is 11.5 Å². The number of hydrogen-bond acceptors (Lipinski definition) is 6. The van der Waals surface area contributed by atoms with Crippen molar-refractivity contribution in [2.24, 2.45) is 0 Å². The Morgan fingerprint density at radius 3 is 2.46 bits per heavy atom. The van der Waals surface area contributed by atoms with E-state index in [1.54, 1.807) is 38.3 Å². The fraction of sp³-hybridized carbons (Fsp3) is 0.150. The Labute approximate surface area is 167 Å². The number of ether oxygens (including phenoxy) is 2. The summed E-state index contributed by atoms with van der Waals surface area (Å²) in [6, 6.07) is 14.0. The zero-order chi connectivity index (χ0) is 20.1. The van der Waals surface area contributed by atoms with Gasteiger partial charge in [-0.15, -0.1) is 0 Å². The van der Waals surface area contributed by atoms with Crippen LogP contribution in [0.25, 0.3) is 0 Å². The first-order valence-corrected chi connectivity index (χ1v) is 8.78. The normalized spacial score (nSPS) is 10.3. The van der Waals surface area contributed by atoms with E-state index in [0.29, 0.717) is 39.5 Å². The summed E-state index contributed by atoms with van der Waals surface area (Å²) in [5.41, 5.74) is 2.09. The predicted molar refractivity (Wildman–Crippen MR) is 109 cm³/mol. The SMILES string of the molecule is COc1ccc(NC(=O)c2cc(C)nc(Nc3ccccc3OC)n2)cc1Cl. The van der Waals surface area contributed by atoms with E-state index in [4.69, 9.17) is 21.1 Å². The van der Waals surface area contributed by atoms with Gasteiger partial charge < -0.3 is 20.1 Å². The zero-order valence-electron chi connectivity index (χ0n) is 15.6. The van der Waals surface area contributed by atoms with E-state index in [0.717, 1.165) is 0 Å². The van der Waals surface area contributed by atoms with E-state index >= 15 is 0 Å². The van der Waals surface area contributed by atoms with Crippen LogP contribution in [0.15, 0.2) is 48.5 Å². The molecule has 0 saturated carbocycles. The number of anilines is 3. The van der Waals surface area contributed by atoms with E-state index in [2.05, 4.69) is 20.6 Å². The minimum atomic E-state index is -0.380. The van der Waals surface area contributed by atoms with Crippen LogP contribution in [0.1, 0.15) is 16.2 Å². The number of amides is 1. The summed E-state index contributed by atoms with van der Waals surface area (Å²) in [5.74, 6) is 1.09. The number of halogens is 1. The van der Waals surface area contributed by atoms with Crippen molar-refractivity contribution in [2.75, 3.05) is 24.9 Å². The van der Waals surface area contributed by atoms with E-state index < -0.39 is 0 Å². The van der Waals surface area contributed by atoms with Gasteiger partial charge in [0, 0.05) is 11.4 Å². The molecule has 0 fully saturated rings. The highest BCUT2D eigenvalue weighted by Crippen LogP contribution is 2.28. The molecule has 0 radical (unpaired) electrons. The summed E-state index contributed by atoms with van der Waals surface area (Å²) in [4.78, 5) is 21.3. The average molecular weight is 399 g/mol. The Morgan fingerprint density at radius 2 is 1.75 bits per heavy atom. The van der Waals surface area contributed by atoms with Crippen LogP contribution in [0.5, 0.6) is 11.5 Å². The Balaban J connectivity index is 1.82. The van der Waals surface area contributed by atoms with Gasteiger partial charge >= 0.3 is 0 Å². The molecule has 28 heavy (non-hydrogen) atoms. The van der Waals surface area contributed by atoms with Crippen LogP contribution in [-0.4, -0.2) is 30.1 Å². The van der Waals surface area contributed by atoms with Gasteiger partial charge in [0.25, 0.3) is 5.91 Å². The monoisotopic (exact) mass is 398 g/mol. The van der Waals surface area contributed by atoms with Gasteiger partial charge in [-0.3, -0.25) is 4.79 Å². The highest BCUT2D eigenvalue weighted by molar-refractivity contribution is 6.32. The summed E-state index contributed by atoms with van der Waals surface area (Å²) in [5, 5.41) is 6.25. The molecule has 2 aromatic carbocycles. The van der Waals surface area contributed by atoms with Crippen molar-refractivity contribution in [3.63, 3.8) is 0 Å². The van der Waals surface area contributed by atoms with Gasteiger partial charge in [-0.2, -0.15) is 0 Å².